The zero-order chi connectivity index (χ0) is 12.2. The molecule has 90 valence electrons. The largest absolute Gasteiger partial charge is 0.263 e. The lowest BCUT2D eigenvalue weighted by molar-refractivity contribution is 0.151. The summed E-state index contributed by atoms with van der Waals surface area (Å²) in [6.07, 6.45) is -1.91. The molecule has 1 aromatic rings. The first-order valence-corrected chi connectivity index (χ1v) is 6.33. The second-order valence-corrected chi connectivity index (χ2v) is 5.03. The van der Waals surface area contributed by atoms with E-state index in [2.05, 4.69) is 4.72 Å². The van der Waals surface area contributed by atoms with Gasteiger partial charge in [-0.15, -0.1) is 0 Å². The second kappa shape index (κ2) is 5.36. The highest BCUT2D eigenvalue weighted by Gasteiger charge is 2.14. The van der Waals surface area contributed by atoms with Crippen molar-refractivity contribution in [2.45, 2.75) is 24.7 Å². The molecule has 0 aliphatic carbocycles. The maximum absolute atomic E-state index is 12.2. The maximum atomic E-state index is 12.2. The zero-order valence-corrected chi connectivity index (χ0v) is 9.60. The number of sulfonamides is 1. The van der Waals surface area contributed by atoms with Crippen molar-refractivity contribution in [3.05, 3.63) is 29.8 Å². The van der Waals surface area contributed by atoms with Crippen molar-refractivity contribution in [1.82, 2.24) is 4.72 Å². The second-order valence-electron chi connectivity index (χ2n) is 3.27. The van der Waals surface area contributed by atoms with Crippen molar-refractivity contribution in [2.24, 2.45) is 0 Å². The molecule has 3 nitrogen and oxygen atoms in total. The highest BCUT2D eigenvalue weighted by atomic mass is 32.2. The SMILES string of the molecule is CCCNS(=O)(=O)c1ccc(C(F)F)cc1. The molecule has 0 amide bonds. The molecule has 0 saturated carbocycles. The van der Waals surface area contributed by atoms with Gasteiger partial charge < -0.3 is 0 Å². The first-order valence-electron chi connectivity index (χ1n) is 4.85. The van der Waals surface area contributed by atoms with Crippen molar-refractivity contribution in [3.63, 3.8) is 0 Å². The summed E-state index contributed by atoms with van der Waals surface area (Å²) in [4.78, 5) is 0.00495. The Morgan fingerprint density at radius 3 is 2.25 bits per heavy atom. The zero-order valence-electron chi connectivity index (χ0n) is 8.78. The fourth-order valence-electron chi connectivity index (χ4n) is 1.11. The summed E-state index contributed by atoms with van der Waals surface area (Å²) in [6.45, 7) is 2.17. The lowest BCUT2D eigenvalue weighted by Crippen LogP contribution is -2.24. The number of benzene rings is 1. The third kappa shape index (κ3) is 3.24. The molecule has 0 fully saturated rings. The summed E-state index contributed by atoms with van der Waals surface area (Å²) in [5, 5.41) is 0. The van der Waals surface area contributed by atoms with Crippen LogP contribution in [0.5, 0.6) is 0 Å². The van der Waals surface area contributed by atoms with Crippen molar-refractivity contribution < 1.29 is 17.2 Å². The minimum absolute atomic E-state index is 0.00495. The molecular formula is C10H13F2NO2S. The number of hydrogen-bond acceptors (Lipinski definition) is 2. The Balaban J connectivity index is 2.89. The van der Waals surface area contributed by atoms with Crippen LogP contribution in [0.15, 0.2) is 29.2 Å². The lowest BCUT2D eigenvalue weighted by Gasteiger charge is -2.06. The van der Waals surface area contributed by atoms with Crippen LogP contribution in [0.1, 0.15) is 25.3 Å². The quantitative estimate of drug-likeness (QED) is 0.870. The Hall–Kier alpha value is -1.01. The van der Waals surface area contributed by atoms with Gasteiger partial charge in [-0.25, -0.2) is 21.9 Å². The normalized spacial score (nSPS) is 12.0. The first-order chi connectivity index (χ1) is 7.47. The van der Waals surface area contributed by atoms with Gasteiger partial charge in [0.2, 0.25) is 10.0 Å². The molecule has 1 N–H and O–H groups in total. The molecule has 0 spiro atoms. The van der Waals surface area contributed by atoms with E-state index >= 15 is 0 Å². The van der Waals surface area contributed by atoms with E-state index < -0.39 is 16.4 Å². The van der Waals surface area contributed by atoms with E-state index in [0.29, 0.717) is 13.0 Å². The van der Waals surface area contributed by atoms with Crippen LogP contribution in [0, 0.1) is 0 Å². The van der Waals surface area contributed by atoms with Gasteiger partial charge in [-0.2, -0.15) is 0 Å². The number of halogens is 2. The Labute approximate surface area is 93.5 Å². The van der Waals surface area contributed by atoms with Crippen LogP contribution in [0.25, 0.3) is 0 Å². The highest BCUT2D eigenvalue weighted by Crippen LogP contribution is 2.20. The average Bonchev–Trinajstić information content (AvgIpc) is 2.26. The van der Waals surface area contributed by atoms with Crippen molar-refractivity contribution in [1.29, 1.82) is 0 Å². The van der Waals surface area contributed by atoms with Gasteiger partial charge in [-0.3, -0.25) is 0 Å². The topological polar surface area (TPSA) is 46.2 Å². The summed E-state index contributed by atoms with van der Waals surface area (Å²) < 4.78 is 50.0. The van der Waals surface area contributed by atoms with E-state index in [0.717, 1.165) is 12.1 Å². The van der Waals surface area contributed by atoms with E-state index in [1.54, 1.807) is 0 Å². The molecule has 0 aliphatic heterocycles. The molecule has 0 aromatic heterocycles. The van der Waals surface area contributed by atoms with E-state index in [9.17, 15) is 17.2 Å². The maximum Gasteiger partial charge on any atom is 0.263 e. The molecule has 6 heteroatoms. The standard InChI is InChI=1S/C10H13F2NO2S/c1-2-7-13-16(14,15)9-5-3-8(4-6-9)10(11)12/h3-6,10,13H,2,7H2,1H3. The number of nitrogens with one attached hydrogen (secondary N) is 1. The number of alkyl halides is 2. The van der Waals surface area contributed by atoms with Crippen LogP contribution in [0.2, 0.25) is 0 Å². The van der Waals surface area contributed by atoms with Crippen LogP contribution in [-0.2, 0) is 10.0 Å². The summed E-state index contributed by atoms with van der Waals surface area (Å²) in [5.74, 6) is 0. The fraction of sp³-hybridized carbons (Fsp3) is 0.400. The number of hydrogen-bond donors (Lipinski definition) is 1. The molecule has 0 atom stereocenters. The Kier molecular flexibility index (Phi) is 4.37. The van der Waals surface area contributed by atoms with Crippen molar-refractivity contribution >= 4 is 10.0 Å². The summed E-state index contributed by atoms with van der Waals surface area (Å²) in [5.41, 5.74) is -0.186. The van der Waals surface area contributed by atoms with Crippen molar-refractivity contribution in [3.8, 4) is 0 Å². The predicted molar refractivity (Wildman–Crippen MR) is 56.9 cm³/mol. The molecule has 0 radical (unpaired) electrons. The van der Waals surface area contributed by atoms with Gasteiger partial charge in [-0.1, -0.05) is 19.1 Å². The molecule has 0 heterocycles. The smallest absolute Gasteiger partial charge is 0.211 e. The Bertz CT molecular complexity index is 429. The van der Waals surface area contributed by atoms with Gasteiger partial charge >= 0.3 is 0 Å². The van der Waals surface area contributed by atoms with E-state index in [4.69, 9.17) is 0 Å². The van der Waals surface area contributed by atoms with Gasteiger partial charge in [0, 0.05) is 12.1 Å². The van der Waals surface area contributed by atoms with Crippen LogP contribution >= 0.6 is 0 Å². The van der Waals surface area contributed by atoms with Gasteiger partial charge in [0.25, 0.3) is 6.43 Å². The fourth-order valence-corrected chi connectivity index (χ4v) is 2.25. The minimum atomic E-state index is -3.56. The predicted octanol–water partition coefficient (Wildman–Crippen LogP) is 2.31. The molecule has 0 saturated heterocycles. The Morgan fingerprint density at radius 1 is 1.25 bits per heavy atom. The molecule has 0 bridgehead atoms. The third-order valence-corrected chi connectivity index (χ3v) is 3.46. The van der Waals surface area contributed by atoms with Gasteiger partial charge in [0.15, 0.2) is 0 Å². The number of rotatable bonds is 5. The molecule has 0 unspecified atom stereocenters. The van der Waals surface area contributed by atoms with Crippen LogP contribution in [-0.4, -0.2) is 15.0 Å². The molecule has 1 aromatic carbocycles. The van der Waals surface area contributed by atoms with Gasteiger partial charge in [0.1, 0.15) is 0 Å². The van der Waals surface area contributed by atoms with E-state index in [1.807, 2.05) is 6.92 Å². The van der Waals surface area contributed by atoms with Gasteiger partial charge in [-0.05, 0) is 18.6 Å². The summed E-state index contributed by atoms with van der Waals surface area (Å²) >= 11 is 0. The monoisotopic (exact) mass is 249 g/mol. The lowest BCUT2D eigenvalue weighted by atomic mass is 10.2. The van der Waals surface area contributed by atoms with Crippen LogP contribution in [0.3, 0.4) is 0 Å². The average molecular weight is 249 g/mol. The van der Waals surface area contributed by atoms with Gasteiger partial charge in [0.05, 0.1) is 4.90 Å². The Morgan fingerprint density at radius 2 is 1.81 bits per heavy atom. The van der Waals surface area contributed by atoms with E-state index in [1.165, 1.54) is 12.1 Å². The third-order valence-electron chi connectivity index (χ3n) is 1.98. The minimum Gasteiger partial charge on any atom is -0.211 e. The highest BCUT2D eigenvalue weighted by molar-refractivity contribution is 7.89. The molecule has 16 heavy (non-hydrogen) atoms. The van der Waals surface area contributed by atoms with E-state index in [-0.39, 0.29) is 10.5 Å². The van der Waals surface area contributed by atoms with Crippen LogP contribution < -0.4 is 4.72 Å². The molecule has 1 rings (SSSR count). The van der Waals surface area contributed by atoms with Crippen molar-refractivity contribution in [2.75, 3.05) is 6.54 Å². The summed E-state index contributed by atoms with van der Waals surface area (Å²) in [6, 6.07) is 4.59. The first kappa shape index (κ1) is 13.1. The molecular weight excluding hydrogens is 236 g/mol. The summed E-state index contributed by atoms with van der Waals surface area (Å²) in [7, 11) is -3.56. The molecule has 0 aliphatic rings. The van der Waals surface area contributed by atoms with Crippen LogP contribution in [0.4, 0.5) is 8.78 Å².